The summed E-state index contributed by atoms with van der Waals surface area (Å²) >= 11 is 6.10. The van der Waals surface area contributed by atoms with Gasteiger partial charge in [0.2, 0.25) is 0 Å². The van der Waals surface area contributed by atoms with Crippen molar-refractivity contribution < 1.29 is 0 Å². The van der Waals surface area contributed by atoms with Crippen molar-refractivity contribution in [3.63, 3.8) is 0 Å². The van der Waals surface area contributed by atoms with Gasteiger partial charge < -0.3 is 9.88 Å². The van der Waals surface area contributed by atoms with Gasteiger partial charge in [0.1, 0.15) is 11.8 Å². The molecule has 7 heteroatoms. The number of nitrogens with one attached hydrogen (secondary N) is 1. The molecular formula is C14H10ClN5O. The van der Waals surface area contributed by atoms with Crippen LogP contribution in [0.1, 0.15) is 5.56 Å². The molecule has 6 nitrogen and oxygen atoms in total. The molecule has 0 fully saturated rings. The summed E-state index contributed by atoms with van der Waals surface area (Å²) in [5.74, 6) is 0.980. The monoisotopic (exact) mass is 299 g/mol. The zero-order valence-electron chi connectivity index (χ0n) is 10.9. The number of hydrogen-bond donors (Lipinski definition) is 1. The highest BCUT2D eigenvalue weighted by Crippen LogP contribution is 2.38. The molecule has 21 heavy (non-hydrogen) atoms. The summed E-state index contributed by atoms with van der Waals surface area (Å²) in [6.45, 7) is 0.810. The lowest BCUT2D eigenvalue weighted by Crippen LogP contribution is -2.15. The van der Waals surface area contributed by atoms with Crippen LogP contribution in [-0.2, 0) is 6.42 Å². The Kier molecular flexibility index (Phi) is 2.65. The van der Waals surface area contributed by atoms with Crippen LogP contribution in [0.25, 0.3) is 11.0 Å². The first-order valence-corrected chi connectivity index (χ1v) is 6.87. The maximum atomic E-state index is 10.7. The number of fused-ring (bicyclic) bond motifs is 2. The van der Waals surface area contributed by atoms with E-state index >= 15 is 0 Å². The fourth-order valence-electron chi connectivity index (χ4n) is 2.74. The Hall–Kier alpha value is -2.47. The number of halogens is 1. The van der Waals surface area contributed by atoms with Crippen LogP contribution in [0.3, 0.4) is 0 Å². The topological polar surface area (TPSA) is 74.2 Å². The highest BCUT2D eigenvalue weighted by atomic mass is 35.5. The van der Waals surface area contributed by atoms with Crippen molar-refractivity contribution in [1.82, 2.24) is 15.0 Å². The fourth-order valence-corrected chi connectivity index (χ4v) is 2.90. The van der Waals surface area contributed by atoms with E-state index in [2.05, 4.69) is 25.0 Å². The van der Waals surface area contributed by atoms with Crippen LogP contribution in [-0.4, -0.2) is 21.5 Å². The quantitative estimate of drug-likeness (QED) is 0.732. The van der Waals surface area contributed by atoms with Crippen molar-refractivity contribution in [1.29, 1.82) is 0 Å². The SMILES string of the molecule is O=Nc1cc2ncnc(N3CCc4ccc(Cl)cc43)c2[nH]1. The van der Waals surface area contributed by atoms with Crippen molar-refractivity contribution in [2.75, 3.05) is 11.4 Å². The van der Waals surface area contributed by atoms with E-state index in [1.54, 1.807) is 6.07 Å². The van der Waals surface area contributed by atoms with E-state index in [0.717, 1.165) is 24.5 Å². The molecule has 0 bridgehead atoms. The Bertz CT molecular complexity index is 860. The van der Waals surface area contributed by atoms with Crippen LogP contribution in [0.5, 0.6) is 0 Å². The molecule has 0 saturated heterocycles. The van der Waals surface area contributed by atoms with Crippen molar-refractivity contribution in [3.05, 3.63) is 46.1 Å². The maximum Gasteiger partial charge on any atom is 0.177 e. The standard InChI is InChI=1S/C14H10ClN5O/c15-9-2-1-8-3-4-20(11(8)5-9)14-13-10(16-7-17-14)6-12(18-13)19-21/h1-2,5-7,18H,3-4H2. The van der Waals surface area contributed by atoms with Gasteiger partial charge in [-0.15, -0.1) is 4.91 Å². The van der Waals surface area contributed by atoms with Crippen molar-refractivity contribution >= 4 is 40.0 Å². The minimum atomic E-state index is 0.247. The van der Waals surface area contributed by atoms with Crippen LogP contribution < -0.4 is 4.90 Å². The van der Waals surface area contributed by atoms with Crippen LogP contribution in [0.15, 0.2) is 35.8 Å². The van der Waals surface area contributed by atoms with E-state index < -0.39 is 0 Å². The molecule has 0 amide bonds. The van der Waals surface area contributed by atoms with Gasteiger partial charge in [-0.1, -0.05) is 17.7 Å². The molecule has 104 valence electrons. The fraction of sp³-hybridized carbons (Fsp3) is 0.143. The van der Waals surface area contributed by atoms with Gasteiger partial charge in [0.15, 0.2) is 11.6 Å². The summed E-state index contributed by atoms with van der Waals surface area (Å²) in [5, 5.41) is 3.61. The summed E-state index contributed by atoms with van der Waals surface area (Å²) in [7, 11) is 0. The minimum Gasteiger partial charge on any atom is -0.332 e. The van der Waals surface area contributed by atoms with E-state index in [0.29, 0.717) is 16.1 Å². The van der Waals surface area contributed by atoms with Gasteiger partial charge in [0.05, 0.1) is 5.52 Å². The molecule has 0 spiro atoms. The lowest BCUT2D eigenvalue weighted by Gasteiger charge is -2.18. The third kappa shape index (κ3) is 1.87. The Morgan fingerprint density at radius 3 is 3.05 bits per heavy atom. The van der Waals surface area contributed by atoms with Crippen LogP contribution in [0.2, 0.25) is 5.02 Å². The van der Waals surface area contributed by atoms with Gasteiger partial charge >= 0.3 is 0 Å². The third-order valence-electron chi connectivity index (χ3n) is 3.68. The summed E-state index contributed by atoms with van der Waals surface area (Å²) in [6.07, 6.45) is 2.42. The Morgan fingerprint density at radius 1 is 1.29 bits per heavy atom. The zero-order chi connectivity index (χ0) is 14.4. The van der Waals surface area contributed by atoms with Crippen LogP contribution in [0, 0.1) is 4.91 Å². The number of H-pyrrole nitrogens is 1. The number of aromatic nitrogens is 3. The molecular weight excluding hydrogens is 290 g/mol. The summed E-state index contributed by atoms with van der Waals surface area (Å²) < 4.78 is 0. The number of nitroso groups, excluding NO2 is 1. The summed E-state index contributed by atoms with van der Waals surface area (Å²) in [6, 6.07) is 7.47. The predicted octanol–water partition coefficient (Wildman–Crippen LogP) is 3.70. The molecule has 1 N–H and O–H groups in total. The lowest BCUT2D eigenvalue weighted by molar-refractivity contribution is 0.972. The summed E-state index contributed by atoms with van der Waals surface area (Å²) in [5.41, 5.74) is 3.65. The van der Waals surface area contributed by atoms with E-state index in [1.807, 2.05) is 18.2 Å². The number of aromatic amines is 1. The number of benzene rings is 1. The minimum absolute atomic E-state index is 0.247. The van der Waals surface area contributed by atoms with Crippen LogP contribution in [0.4, 0.5) is 17.3 Å². The van der Waals surface area contributed by atoms with E-state index in [9.17, 15) is 4.91 Å². The molecule has 1 aliphatic rings. The molecule has 0 atom stereocenters. The zero-order valence-corrected chi connectivity index (χ0v) is 11.6. The number of anilines is 2. The molecule has 0 saturated carbocycles. The van der Waals surface area contributed by atoms with Crippen molar-refractivity contribution in [2.24, 2.45) is 5.18 Å². The Balaban J connectivity index is 1.91. The third-order valence-corrected chi connectivity index (χ3v) is 3.92. The number of rotatable bonds is 2. The average molecular weight is 300 g/mol. The molecule has 1 aliphatic heterocycles. The molecule has 3 heterocycles. The van der Waals surface area contributed by atoms with E-state index in [4.69, 9.17) is 11.6 Å². The second-order valence-electron chi connectivity index (χ2n) is 4.88. The summed E-state index contributed by atoms with van der Waals surface area (Å²) in [4.78, 5) is 24.3. The number of nitrogens with zero attached hydrogens (tertiary/aromatic N) is 4. The van der Waals surface area contributed by atoms with Gasteiger partial charge in [-0.2, -0.15) is 0 Å². The molecule has 0 unspecified atom stereocenters. The highest BCUT2D eigenvalue weighted by Gasteiger charge is 2.24. The first-order valence-electron chi connectivity index (χ1n) is 6.49. The Labute approximate surface area is 124 Å². The van der Waals surface area contributed by atoms with E-state index in [-0.39, 0.29) is 5.82 Å². The molecule has 2 aromatic heterocycles. The normalized spacial score (nSPS) is 13.7. The number of hydrogen-bond acceptors (Lipinski definition) is 5. The van der Waals surface area contributed by atoms with Gasteiger partial charge in [0, 0.05) is 23.3 Å². The molecule has 0 aliphatic carbocycles. The lowest BCUT2D eigenvalue weighted by atomic mass is 10.2. The largest absolute Gasteiger partial charge is 0.332 e. The maximum absolute atomic E-state index is 10.7. The predicted molar refractivity (Wildman–Crippen MR) is 81.5 cm³/mol. The second kappa shape index (κ2) is 4.53. The molecule has 1 aromatic carbocycles. The first kappa shape index (κ1) is 12.3. The van der Waals surface area contributed by atoms with Gasteiger partial charge in [-0.05, 0) is 29.3 Å². The molecule has 3 aromatic rings. The molecule has 0 radical (unpaired) electrons. The van der Waals surface area contributed by atoms with Gasteiger partial charge in [-0.25, -0.2) is 9.97 Å². The first-order chi connectivity index (χ1) is 10.3. The van der Waals surface area contributed by atoms with E-state index in [1.165, 1.54) is 11.9 Å². The molecule has 4 rings (SSSR count). The second-order valence-corrected chi connectivity index (χ2v) is 5.31. The Morgan fingerprint density at radius 2 is 2.19 bits per heavy atom. The highest BCUT2D eigenvalue weighted by molar-refractivity contribution is 6.31. The van der Waals surface area contributed by atoms with Gasteiger partial charge in [0.25, 0.3) is 0 Å². The van der Waals surface area contributed by atoms with Crippen molar-refractivity contribution in [2.45, 2.75) is 6.42 Å². The van der Waals surface area contributed by atoms with Crippen LogP contribution >= 0.6 is 11.6 Å². The smallest absolute Gasteiger partial charge is 0.177 e. The van der Waals surface area contributed by atoms with Crippen molar-refractivity contribution in [3.8, 4) is 0 Å². The average Bonchev–Trinajstić information content (AvgIpc) is 3.09. The van der Waals surface area contributed by atoms with Gasteiger partial charge in [-0.3, -0.25) is 0 Å².